The smallest absolute Gasteiger partial charge is 0.140 e. The predicted molar refractivity (Wildman–Crippen MR) is 249 cm³/mol. The van der Waals surface area contributed by atoms with Gasteiger partial charge in [-0.2, -0.15) is 0 Å². The zero-order chi connectivity index (χ0) is 40.1. The van der Waals surface area contributed by atoms with Gasteiger partial charge in [0, 0.05) is 61.4 Å². The summed E-state index contributed by atoms with van der Waals surface area (Å²) in [5.41, 5.74) is 16.9. The molecule has 4 nitrogen and oxygen atoms in total. The van der Waals surface area contributed by atoms with Crippen LogP contribution < -0.4 is 9.80 Å². The van der Waals surface area contributed by atoms with E-state index in [4.69, 9.17) is 8.83 Å². The number of hydrogen-bond donors (Lipinski definition) is 0. The van der Waals surface area contributed by atoms with Gasteiger partial charge in [-0.1, -0.05) is 121 Å². The highest BCUT2D eigenvalue weighted by Gasteiger charge is 2.55. The van der Waals surface area contributed by atoms with E-state index in [-0.39, 0.29) is 0 Å². The van der Waals surface area contributed by atoms with Gasteiger partial charge >= 0.3 is 0 Å². The van der Waals surface area contributed by atoms with Crippen molar-refractivity contribution in [3.05, 3.63) is 241 Å². The largest absolute Gasteiger partial charge is 0.456 e. The predicted octanol–water partition coefficient (Wildman–Crippen LogP) is 15.6. The average molecular weight is 781 g/mol. The number of anilines is 6. The van der Waals surface area contributed by atoms with E-state index in [1.165, 1.54) is 33.4 Å². The summed E-state index contributed by atoms with van der Waals surface area (Å²) in [6.45, 7) is 0. The second-order valence-electron chi connectivity index (χ2n) is 16.0. The van der Waals surface area contributed by atoms with E-state index < -0.39 is 5.41 Å². The first kappa shape index (κ1) is 33.8. The van der Waals surface area contributed by atoms with Crippen LogP contribution >= 0.6 is 0 Å². The van der Waals surface area contributed by atoms with Crippen LogP contribution in [0.15, 0.2) is 227 Å². The van der Waals surface area contributed by atoms with E-state index in [9.17, 15) is 0 Å². The third-order valence-corrected chi connectivity index (χ3v) is 12.8. The summed E-state index contributed by atoms with van der Waals surface area (Å²) in [4.78, 5) is 4.74. The zero-order valence-corrected chi connectivity index (χ0v) is 33.0. The molecule has 2 aliphatic rings. The van der Waals surface area contributed by atoms with Crippen molar-refractivity contribution in [2.75, 3.05) is 9.80 Å². The van der Waals surface area contributed by atoms with E-state index in [2.05, 4.69) is 216 Å². The molecule has 1 spiro atoms. The summed E-state index contributed by atoms with van der Waals surface area (Å²) >= 11 is 0. The van der Waals surface area contributed by atoms with Gasteiger partial charge in [-0.3, -0.25) is 0 Å². The first-order chi connectivity index (χ1) is 30.3. The number of benzene rings is 9. The summed E-state index contributed by atoms with van der Waals surface area (Å²) in [6, 6.07) is 78.4. The first-order valence-electron chi connectivity index (χ1n) is 20.8. The molecule has 0 aliphatic heterocycles. The zero-order valence-electron chi connectivity index (χ0n) is 33.0. The molecule has 0 fully saturated rings. The lowest BCUT2D eigenvalue weighted by molar-refractivity contribution is 0.628. The summed E-state index contributed by atoms with van der Waals surface area (Å²) in [5.74, 6) is 0.930. The molecule has 0 saturated heterocycles. The molecule has 2 aromatic heterocycles. The summed E-state index contributed by atoms with van der Waals surface area (Å²) in [6.07, 6.45) is 0. The molecule has 0 radical (unpaired) electrons. The average Bonchev–Trinajstić information content (AvgIpc) is 4.05. The number of hydrogen-bond acceptors (Lipinski definition) is 4. The molecule has 61 heavy (non-hydrogen) atoms. The summed E-state index contributed by atoms with van der Waals surface area (Å²) < 4.78 is 13.3. The fraction of sp³-hybridized carbons (Fsp3) is 0.0175. The first-order valence-corrected chi connectivity index (χ1v) is 20.8. The topological polar surface area (TPSA) is 32.8 Å². The molecule has 0 saturated carbocycles. The highest BCUT2D eigenvalue weighted by atomic mass is 16.3. The molecule has 0 N–H and O–H groups in total. The Morgan fingerprint density at radius 2 is 0.754 bits per heavy atom. The second-order valence-corrected chi connectivity index (χ2v) is 16.0. The summed E-state index contributed by atoms with van der Waals surface area (Å²) in [7, 11) is 0. The van der Waals surface area contributed by atoms with Gasteiger partial charge in [-0.15, -0.1) is 0 Å². The molecule has 9 aromatic carbocycles. The third kappa shape index (κ3) is 4.82. The molecule has 1 atom stereocenters. The SMILES string of the molecule is c1ccc(N(c2ccccc2)c2ccc3c(c2)[C@@]2(c4ccccc4-c4ccc(N(c5ccccc5)c5ccc6oc7ccccc7c6c5)cc42)c2c-3oc3ccccc23)cc1. The van der Waals surface area contributed by atoms with Crippen molar-refractivity contribution in [3.8, 4) is 22.5 Å². The van der Waals surface area contributed by atoms with Gasteiger partial charge in [0.15, 0.2) is 0 Å². The minimum atomic E-state index is -0.679. The van der Waals surface area contributed by atoms with Crippen molar-refractivity contribution in [1.29, 1.82) is 0 Å². The quantitative estimate of drug-likeness (QED) is 0.168. The van der Waals surface area contributed by atoms with E-state index in [1.807, 2.05) is 12.1 Å². The van der Waals surface area contributed by atoms with Crippen LogP contribution in [-0.4, -0.2) is 0 Å². The maximum atomic E-state index is 6.98. The van der Waals surface area contributed by atoms with Gasteiger partial charge in [0.05, 0.1) is 5.41 Å². The van der Waals surface area contributed by atoms with Crippen molar-refractivity contribution in [3.63, 3.8) is 0 Å². The van der Waals surface area contributed by atoms with E-state index in [0.29, 0.717) is 0 Å². The molecular weight excluding hydrogens is 745 g/mol. The maximum absolute atomic E-state index is 6.98. The van der Waals surface area contributed by atoms with Crippen molar-refractivity contribution in [2.24, 2.45) is 0 Å². The second kappa shape index (κ2) is 13.0. The van der Waals surface area contributed by atoms with Crippen molar-refractivity contribution in [2.45, 2.75) is 5.41 Å². The van der Waals surface area contributed by atoms with Crippen LogP contribution in [0, 0.1) is 0 Å². The molecule has 2 aliphatic carbocycles. The fourth-order valence-electron chi connectivity index (χ4n) is 10.4. The molecule has 11 aromatic rings. The molecule has 0 unspecified atom stereocenters. The highest BCUT2D eigenvalue weighted by Crippen LogP contribution is 2.66. The van der Waals surface area contributed by atoms with Gasteiger partial charge in [-0.05, 0) is 125 Å². The molecular formula is C57H36N2O2. The Labute approximate surface area is 352 Å². The maximum Gasteiger partial charge on any atom is 0.140 e. The molecule has 4 heteroatoms. The molecule has 286 valence electrons. The van der Waals surface area contributed by atoms with Crippen LogP contribution in [0.3, 0.4) is 0 Å². The number of rotatable bonds is 6. The lowest BCUT2D eigenvalue weighted by Gasteiger charge is -2.33. The van der Waals surface area contributed by atoms with E-state index in [1.54, 1.807) is 0 Å². The van der Waals surface area contributed by atoms with Gasteiger partial charge in [0.2, 0.25) is 0 Å². The molecule has 2 heterocycles. The Balaban J connectivity index is 1.10. The van der Waals surface area contributed by atoms with E-state index in [0.717, 1.165) is 78.4 Å². The van der Waals surface area contributed by atoms with Crippen molar-refractivity contribution < 1.29 is 8.83 Å². The number of furan rings is 2. The lowest BCUT2D eigenvalue weighted by Crippen LogP contribution is -2.26. The van der Waals surface area contributed by atoms with Gasteiger partial charge in [0.25, 0.3) is 0 Å². The Morgan fingerprint density at radius 3 is 1.43 bits per heavy atom. The van der Waals surface area contributed by atoms with Crippen LogP contribution in [0.25, 0.3) is 55.4 Å². The Bertz CT molecular complexity index is 3460. The monoisotopic (exact) mass is 780 g/mol. The van der Waals surface area contributed by atoms with Gasteiger partial charge in [0.1, 0.15) is 22.5 Å². The summed E-state index contributed by atoms with van der Waals surface area (Å²) in [5, 5.41) is 3.32. The van der Waals surface area contributed by atoms with Crippen molar-refractivity contribution >= 4 is 67.0 Å². The van der Waals surface area contributed by atoms with Crippen molar-refractivity contribution in [1.82, 2.24) is 0 Å². The van der Waals surface area contributed by atoms with Crippen LogP contribution in [0.1, 0.15) is 22.3 Å². The lowest BCUT2D eigenvalue weighted by atomic mass is 9.70. The molecule has 13 rings (SSSR count). The van der Waals surface area contributed by atoms with Gasteiger partial charge < -0.3 is 18.6 Å². The molecule has 0 amide bonds. The Kier molecular flexibility index (Phi) is 7.19. The van der Waals surface area contributed by atoms with Crippen LogP contribution in [-0.2, 0) is 5.41 Å². The number of nitrogens with zero attached hydrogens (tertiary/aromatic N) is 2. The number of para-hydroxylation sites is 5. The number of fused-ring (bicyclic) bond motifs is 15. The highest BCUT2D eigenvalue weighted by molar-refractivity contribution is 6.07. The fourth-order valence-corrected chi connectivity index (χ4v) is 10.4. The molecule has 0 bridgehead atoms. The minimum absolute atomic E-state index is 0.679. The standard InChI is InChI=1S/C57H36N2O2/c1-4-16-37(17-5-1)58(38-18-6-2-7-19-38)41-29-32-46-51(36-41)57(55-47-24-12-15-27-53(47)61-56(46)55)49-25-13-10-22-43(49)44-31-28-42(35-50(44)57)59(39-20-8-3-9-21-39)40-30-33-54-48(34-40)45-23-11-14-26-52(45)60-54/h1-36H/t57-/m0/s1. The van der Waals surface area contributed by atoms with Crippen LogP contribution in [0.4, 0.5) is 34.1 Å². The van der Waals surface area contributed by atoms with Gasteiger partial charge in [-0.25, -0.2) is 0 Å². The normalized spacial score (nSPS) is 14.6. The van der Waals surface area contributed by atoms with E-state index >= 15 is 0 Å². The van der Waals surface area contributed by atoms with Crippen LogP contribution in [0.2, 0.25) is 0 Å². The van der Waals surface area contributed by atoms with Crippen LogP contribution in [0.5, 0.6) is 0 Å². The Morgan fingerprint density at radius 1 is 0.295 bits per heavy atom. The minimum Gasteiger partial charge on any atom is -0.456 e. The Hall–Kier alpha value is -8.08. The third-order valence-electron chi connectivity index (χ3n) is 12.8.